The van der Waals surface area contributed by atoms with Crippen LogP contribution in [0.5, 0.6) is 0 Å². The maximum Gasteiger partial charge on any atom is 0.136 e. The number of rotatable bonds is 6. The summed E-state index contributed by atoms with van der Waals surface area (Å²) in [4.78, 5) is 4.41. The molecule has 0 saturated carbocycles. The summed E-state index contributed by atoms with van der Waals surface area (Å²) in [5.41, 5.74) is 9.11. The minimum absolute atomic E-state index is 0.500. The van der Waals surface area contributed by atoms with Gasteiger partial charge in [-0.05, 0) is 33.2 Å². The molecule has 2 rings (SSSR count). The van der Waals surface area contributed by atoms with Crippen molar-refractivity contribution >= 4 is 5.82 Å². The highest BCUT2D eigenvalue weighted by atomic mass is 15.4. The maximum absolute atomic E-state index is 5.95. The number of hydrogen-bond acceptors (Lipinski definition) is 4. The SMILES string of the molecule is Cc1nn(-c2ccccc2)c(N(C)CCN(C)C)c1CN. The van der Waals surface area contributed by atoms with Crippen LogP contribution in [0.1, 0.15) is 11.3 Å². The summed E-state index contributed by atoms with van der Waals surface area (Å²) in [7, 11) is 6.26. The number of hydrogen-bond donors (Lipinski definition) is 1. The molecule has 0 saturated heterocycles. The molecule has 0 aliphatic carbocycles. The maximum atomic E-state index is 5.95. The summed E-state index contributed by atoms with van der Waals surface area (Å²) in [6.07, 6.45) is 0. The summed E-state index contributed by atoms with van der Waals surface area (Å²) in [5, 5.41) is 4.68. The molecule has 0 spiro atoms. The third kappa shape index (κ3) is 3.43. The molecule has 0 bridgehead atoms. The van der Waals surface area contributed by atoms with E-state index in [0.29, 0.717) is 6.54 Å². The van der Waals surface area contributed by atoms with Gasteiger partial charge < -0.3 is 15.5 Å². The molecular formula is C16H25N5. The van der Waals surface area contributed by atoms with Crippen LogP contribution in [0.4, 0.5) is 5.82 Å². The first-order valence-corrected chi connectivity index (χ1v) is 7.24. The van der Waals surface area contributed by atoms with Gasteiger partial charge in [0.1, 0.15) is 5.82 Å². The Balaban J connectivity index is 2.42. The lowest BCUT2D eigenvalue weighted by atomic mass is 10.2. The summed E-state index contributed by atoms with van der Waals surface area (Å²) in [6.45, 7) is 4.43. The van der Waals surface area contributed by atoms with Gasteiger partial charge in [0.25, 0.3) is 0 Å². The molecule has 0 atom stereocenters. The fraction of sp³-hybridized carbons (Fsp3) is 0.438. The van der Waals surface area contributed by atoms with Gasteiger partial charge in [0.2, 0.25) is 0 Å². The molecule has 1 aromatic carbocycles. The third-order valence-corrected chi connectivity index (χ3v) is 3.61. The van der Waals surface area contributed by atoms with Crippen LogP contribution in [0.15, 0.2) is 30.3 Å². The molecule has 0 amide bonds. The lowest BCUT2D eigenvalue weighted by Crippen LogP contribution is -2.30. The Kier molecular flexibility index (Phi) is 4.98. The Morgan fingerprint density at radius 3 is 2.33 bits per heavy atom. The average molecular weight is 287 g/mol. The van der Waals surface area contributed by atoms with Gasteiger partial charge in [0.15, 0.2) is 0 Å². The van der Waals surface area contributed by atoms with Crippen molar-refractivity contribution in [2.75, 3.05) is 39.1 Å². The van der Waals surface area contributed by atoms with Gasteiger partial charge in [-0.25, -0.2) is 4.68 Å². The van der Waals surface area contributed by atoms with E-state index < -0.39 is 0 Å². The Bertz CT molecular complexity index is 574. The van der Waals surface area contributed by atoms with Crippen LogP contribution in [0.2, 0.25) is 0 Å². The molecule has 0 unspecified atom stereocenters. The van der Waals surface area contributed by atoms with E-state index in [-0.39, 0.29) is 0 Å². The molecule has 21 heavy (non-hydrogen) atoms. The molecule has 0 aliphatic rings. The second-order valence-electron chi connectivity index (χ2n) is 5.56. The topological polar surface area (TPSA) is 50.3 Å². The number of benzene rings is 1. The first-order chi connectivity index (χ1) is 10.0. The number of likely N-dealkylation sites (N-methyl/N-ethyl adjacent to an activating group) is 2. The van der Waals surface area contributed by atoms with Crippen LogP contribution in [0.25, 0.3) is 5.69 Å². The second kappa shape index (κ2) is 6.74. The molecular weight excluding hydrogens is 262 g/mol. The van der Waals surface area contributed by atoms with Crippen LogP contribution in [-0.4, -0.2) is 48.9 Å². The van der Waals surface area contributed by atoms with Crippen molar-refractivity contribution in [3.63, 3.8) is 0 Å². The van der Waals surface area contributed by atoms with Crippen molar-refractivity contribution in [3.05, 3.63) is 41.6 Å². The Morgan fingerprint density at radius 2 is 1.76 bits per heavy atom. The quantitative estimate of drug-likeness (QED) is 0.877. The lowest BCUT2D eigenvalue weighted by Gasteiger charge is -2.23. The van der Waals surface area contributed by atoms with Gasteiger partial charge in [-0.3, -0.25) is 0 Å². The summed E-state index contributed by atoms with van der Waals surface area (Å²) < 4.78 is 1.99. The van der Waals surface area contributed by atoms with Gasteiger partial charge in [-0.15, -0.1) is 0 Å². The molecule has 1 aromatic heterocycles. The smallest absolute Gasteiger partial charge is 0.136 e. The third-order valence-electron chi connectivity index (χ3n) is 3.61. The van der Waals surface area contributed by atoms with Crippen molar-refractivity contribution in [2.45, 2.75) is 13.5 Å². The van der Waals surface area contributed by atoms with E-state index in [0.717, 1.165) is 35.9 Å². The zero-order chi connectivity index (χ0) is 15.4. The minimum Gasteiger partial charge on any atom is -0.358 e. The Morgan fingerprint density at radius 1 is 1.10 bits per heavy atom. The van der Waals surface area contributed by atoms with Crippen molar-refractivity contribution in [3.8, 4) is 5.69 Å². The van der Waals surface area contributed by atoms with Gasteiger partial charge in [-0.2, -0.15) is 5.10 Å². The van der Waals surface area contributed by atoms with Crippen molar-refractivity contribution in [1.29, 1.82) is 0 Å². The number of nitrogens with zero attached hydrogens (tertiary/aromatic N) is 4. The summed E-state index contributed by atoms with van der Waals surface area (Å²) >= 11 is 0. The fourth-order valence-electron chi connectivity index (χ4n) is 2.38. The lowest BCUT2D eigenvalue weighted by molar-refractivity contribution is 0.415. The summed E-state index contributed by atoms with van der Waals surface area (Å²) in [5.74, 6) is 1.09. The van der Waals surface area contributed by atoms with Gasteiger partial charge >= 0.3 is 0 Å². The highest BCUT2D eigenvalue weighted by Crippen LogP contribution is 2.26. The largest absolute Gasteiger partial charge is 0.358 e. The second-order valence-corrected chi connectivity index (χ2v) is 5.56. The van der Waals surface area contributed by atoms with Gasteiger partial charge in [0.05, 0.1) is 11.4 Å². The zero-order valence-electron chi connectivity index (χ0n) is 13.4. The van der Waals surface area contributed by atoms with Crippen LogP contribution in [0, 0.1) is 6.92 Å². The molecule has 1 heterocycles. The van der Waals surface area contributed by atoms with E-state index in [4.69, 9.17) is 5.73 Å². The molecule has 0 radical (unpaired) electrons. The van der Waals surface area contributed by atoms with Crippen LogP contribution in [-0.2, 0) is 6.54 Å². The standard InChI is InChI=1S/C16H25N5/c1-13-15(12-17)16(20(4)11-10-19(2)3)21(18-13)14-8-6-5-7-9-14/h5-9H,10-12,17H2,1-4H3. The number of nitrogens with two attached hydrogens (primary N) is 1. The Labute approximate surface area is 127 Å². The van der Waals surface area contributed by atoms with Gasteiger partial charge in [0, 0.05) is 32.2 Å². The van der Waals surface area contributed by atoms with Crippen LogP contribution in [0.3, 0.4) is 0 Å². The highest BCUT2D eigenvalue weighted by Gasteiger charge is 2.18. The van der Waals surface area contributed by atoms with Crippen molar-refractivity contribution in [1.82, 2.24) is 14.7 Å². The number of para-hydroxylation sites is 1. The van der Waals surface area contributed by atoms with E-state index >= 15 is 0 Å². The molecule has 0 aliphatic heterocycles. The van der Waals surface area contributed by atoms with Gasteiger partial charge in [-0.1, -0.05) is 18.2 Å². The normalized spacial score (nSPS) is 11.1. The zero-order valence-corrected chi connectivity index (χ0v) is 13.4. The monoisotopic (exact) mass is 287 g/mol. The number of aromatic nitrogens is 2. The number of anilines is 1. The van der Waals surface area contributed by atoms with Crippen LogP contribution < -0.4 is 10.6 Å². The number of aryl methyl sites for hydroxylation is 1. The molecule has 5 heteroatoms. The molecule has 5 nitrogen and oxygen atoms in total. The fourth-order valence-corrected chi connectivity index (χ4v) is 2.38. The summed E-state index contributed by atoms with van der Waals surface area (Å²) in [6, 6.07) is 10.2. The van der Waals surface area contributed by atoms with E-state index in [1.54, 1.807) is 0 Å². The molecule has 0 fully saturated rings. The molecule has 2 aromatic rings. The Hall–Kier alpha value is -1.85. The van der Waals surface area contributed by atoms with E-state index in [9.17, 15) is 0 Å². The first kappa shape index (κ1) is 15.5. The minimum atomic E-state index is 0.500. The molecule has 2 N–H and O–H groups in total. The first-order valence-electron chi connectivity index (χ1n) is 7.24. The average Bonchev–Trinajstić information content (AvgIpc) is 2.82. The van der Waals surface area contributed by atoms with E-state index in [1.165, 1.54) is 0 Å². The highest BCUT2D eigenvalue weighted by molar-refractivity contribution is 5.54. The van der Waals surface area contributed by atoms with E-state index in [2.05, 4.69) is 48.2 Å². The van der Waals surface area contributed by atoms with Crippen LogP contribution >= 0.6 is 0 Å². The van der Waals surface area contributed by atoms with Crippen molar-refractivity contribution in [2.24, 2.45) is 5.73 Å². The molecule has 114 valence electrons. The van der Waals surface area contributed by atoms with E-state index in [1.807, 2.05) is 29.8 Å². The van der Waals surface area contributed by atoms with Crippen molar-refractivity contribution < 1.29 is 0 Å². The predicted molar refractivity (Wildman–Crippen MR) is 88.0 cm³/mol. The predicted octanol–water partition coefficient (Wildman–Crippen LogP) is 1.64.